The largest absolute Gasteiger partial charge is 0.419 e. The molecule has 0 fully saturated rings. The van der Waals surface area contributed by atoms with E-state index in [-0.39, 0.29) is 5.91 Å². The van der Waals surface area contributed by atoms with Crippen LogP contribution in [0.15, 0.2) is 78.2 Å². The third kappa shape index (κ3) is 4.78. The highest BCUT2D eigenvalue weighted by atomic mass is 32.1. The Kier molecular flexibility index (Phi) is 5.59. The Morgan fingerprint density at radius 2 is 1.60 bits per heavy atom. The summed E-state index contributed by atoms with van der Waals surface area (Å²) >= 11 is 1.50. The first-order valence-corrected chi connectivity index (χ1v) is 8.75. The molecule has 2 amide bonds. The SMILES string of the molecule is O=C(NC(=O)C(Cc1ccccc1)c1cccs1)Oc1ccccc1. The molecule has 1 N–H and O–H groups in total. The summed E-state index contributed by atoms with van der Waals surface area (Å²) in [6.45, 7) is 0. The molecule has 0 spiro atoms. The lowest BCUT2D eigenvalue weighted by Crippen LogP contribution is -2.37. The average molecular weight is 351 g/mol. The molecule has 0 saturated carbocycles. The average Bonchev–Trinajstić information content (AvgIpc) is 3.15. The number of hydrogen-bond acceptors (Lipinski definition) is 4. The van der Waals surface area contributed by atoms with Gasteiger partial charge in [0, 0.05) is 4.88 Å². The monoisotopic (exact) mass is 351 g/mol. The van der Waals surface area contributed by atoms with E-state index in [9.17, 15) is 9.59 Å². The summed E-state index contributed by atoms with van der Waals surface area (Å²) in [5.41, 5.74) is 1.03. The van der Waals surface area contributed by atoms with Crippen molar-refractivity contribution in [2.24, 2.45) is 0 Å². The normalized spacial score (nSPS) is 11.5. The minimum Gasteiger partial charge on any atom is -0.410 e. The number of rotatable bonds is 5. The zero-order chi connectivity index (χ0) is 17.5. The van der Waals surface area contributed by atoms with Gasteiger partial charge in [-0.25, -0.2) is 4.79 Å². The van der Waals surface area contributed by atoms with E-state index in [1.54, 1.807) is 24.3 Å². The Morgan fingerprint density at radius 1 is 0.920 bits per heavy atom. The van der Waals surface area contributed by atoms with Crippen molar-refractivity contribution in [1.82, 2.24) is 5.32 Å². The summed E-state index contributed by atoms with van der Waals surface area (Å²) in [5, 5.41) is 4.26. The van der Waals surface area contributed by atoms with Crippen LogP contribution in [0.4, 0.5) is 4.79 Å². The highest BCUT2D eigenvalue weighted by Gasteiger charge is 2.24. The zero-order valence-corrected chi connectivity index (χ0v) is 14.2. The Hall–Kier alpha value is -2.92. The predicted octanol–water partition coefficient (Wildman–Crippen LogP) is 4.39. The maximum atomic E-state index is 12.6. The van der Waals surface area contributed by atoms with Gasteiger partial charge in [-0.05, 0) is 35.6 Å². The number of nitrogens with one attached hydrogen (secondary N) is 1. The van der Waals surface area contributed by atoms with E-state index in [0.717, 1.165) is 10.4 Å². The van der Waals surface area contributed by atoms with Crippen LogP contribution < -0.4 is 10.1 Å². The number of imide groups is 1. The molecule has 2 aromatic carbocycles. The molecule has 1 heterocycles. The fourth-order valence-electron chi connectivity index (χ4n) is 2.47. The number of para-hydroxylation sites is 1. The van der Waals surface area contributed by atoms with Crippen LogP contribution in [0.25, 0.3) is 0 Å². The highest BCUT2D eigenvalue weighted by Crippen LogP contribution is 2.25. The summed E-state index contributed by atoms with van der Waals surface area (Å²) in [7, 11) is 0. The third-order valence-electron chi connectivity index (χ3n) is 3.66. The molecular weight excluding hydrogens is 334 g/mol. The van der Waals surface area contributed by atoms with Crippen LogP contribution in [0, 0.1) is 0 Å². The van der Waals surface area contributed by atoms with Gasteiger partial charge in [-0.15, -0.1) is 11.3 Å². The van der Waals surface area contributed by atoms with Crippen molar-refractivity contribution in [3.63, 3.8) is 0 Å². The van der Waals surface area contributed by atoms with Crippen LogP contribution in [-0.2, 0) is 11.2 Å². The molecular formula is C20H17NO3S. The van der Waals surface area contributed by atoms with Gasteiger partial charge in [0.15, 0.2) is 0 Å². The van der Waals surface area contributed by atoms with Gasteiger partial charge in [0.1, 0.15) is 5.75 Å². The zero-order valence-electron chi connectivity index (χ0n) is 13.4. The van der Waals surface area contributed by atoms with E-state index in [1.807, 2.05) is 53.9 Å². The Balaban J connectivity index is 1.70. The lowest BCUT2D eigenvalue weighted by atomic mass is 9.97. The van der Waals surface area contributed by atoms with Gasteiger partial charge in [-0.2, -0.15) is 0 Å². The smallest absolute Gasteiger partial charge is 0.410 e. The van der Waals surface area contributed by atoms with Gasteiger partial charge in [-0.1, -0.05) is 54.6 Å². The van der Waals surface area contributed by atoms with Gasteiger partial charge >= 0.3 is 6.09 Å². The standard InChI is InChI=1S/C20H17NO3S/c22-19(21-20(23)24-16-10-5-2-6-11-16)17(18-12-7-13-25-18)14-15-8-3-1-4-9-15/h1-13,17H,14H2,(H,21,22,23). The van der Waals surface area contributed by atoms with Gasteiger partial charge in [0.2, 0.25) is 5.91 Å². The molecule has 0 aliphatic rings. The number of carbonyl (C=O) groups is 2. The minimum absolute atomic E-state index is 0.368. The van der Waals surface area contributed by atoms with Crippen LogP contribution in [0.2, 0.25) is 0 Å². The van der Waals surface area contributed by atoms with E-state index in [2.05, 4.69) is 5.32 Å². The quantitative estimate of drug-likeness (QED) is 0.742. The van der Waals surface area contributed by atoms with E-state index < -0.39 is 12.0 Å². The maximum absolute atomic E-state index is 12.6. The van der Waals surface area contributed by atoms with Crippen LogP contribution in [0.3, 0.4) is 0 Å². The lowest BCUT2D eigenvalue weighted by molar-refractivity contribution is -0.121. The third-order valence-corrected chi connectivity index (χ3v) is 4.65. The minimum atomic E-state index is -0.772. The van der Waals surface area contributed by atoms with Crippen LogP contribution in [-0.4, -0.2) is 12.0 Å². The number of carbonyl (C=O) groups excluding carboxylic acids is 2. The van der Waals surface area contributed by atoms with Crippen molar-refractivity contribution in [1.29, 1.82) is 0 Å². The predicted molar refractivity (Wildman–Crippen MR) is 97.8 cm³/mol. The second-order valence-corrected chi connectivity index (χ2v) is 6.43. The molecule has 5 heteroatoms. The fraction of sp³-hybridized carbons (Fsp3) is 0.100. The molecule has 0 aliphatic carbocycles. The summed E-state index contributed by atoms with van der Waals surface area (Å²) in [6.07, 6.45) is -0.253. The van der Waals surface area contributed by atoms with E-state index >= 15 is 0 Å². The number of hydrogen-bond donors (Lipinski definition) is 1. The first-order valence-electron chi connectivity index (χ1n) is 7.87. The summed E-state index contributed by atoms with van der Waals surface area (Å²) in [4.78, 5) is 25.6. The Labute approximate surface area is 150 Å². The van der Waals surface area contributed by atoms with Crippen molar-refractivity contribution in [2.45, 2.75) is 12.3 Å². The van der Waals surface area contributed by atoms with Gasteiger partial charge in [-0.3, -0.25) is 10.1 Å². The van der Waals surface area contributed by atoms with Crippen LogP contribution >= 0.6 is 11.3 Å². The van der Waals surface area contributed by atoms with Crippen molar-refractivity contribution in [2.75, 3.05) is 0 Å². The molecule has 3 rings (SSSR count). The number of benzene rings is 2. The topological polar surface area (TPSA) is 55.4 Å². The Morgan fingerprint density at radius 3 is 2.24 bits per heavy atom. The molecule has 3 aromatic rings. The van der Waals surface area contributed by atoms with Crippen LogP contribution in [0.1, 0.15) is 16.4 Å². The molecule has 25 heavy (non-hydrogen) atoms. The van der Waals surface area contributed by atoms with E-state index in [0.29, 0.717) is 12.2 Å². The molecule has 0 bridgehead atoms. The second-order valence-electron chi connectivity index (χ2n) is 5.45. The van der Waals surface area contributed by atoms with Crippen molar-refractivity contribution >= 4 is 23.3 Å². The fourth-order valence-corrected chi connectivity index (χ4v) is 3.30. The number of ether oxygens (including phenoxy) is 1. The van der Waals surface area contributed by atoms with Crippen LogP contribution in [0.5, 0.6) is 5.75 Å². The number of thiophene rings is 1. The molecule has 1 unspecified atom stereocenters. The first-order chi connectivity index (χ1) is 12.2. The summed E-state index contributed by atoms with van der Waals surface area (Å²) < 4.78 is 5.14. The molecule has 0 aliphatic heterocycles. The molecule has 1 aromatic heterocycles. The van der Waals surface area contributed by atoms with E-state index in [1.165, 1.54) is 11.3 Å². The molecule has 126 valence electrons. The maximum Gasteiger partial charge on any atom is 0.419 e. The Bertz CT molecular complexity index is 817. The molecule has 4 nitrogen and oxygen atoms in total. The second kappa shape index (κ2) is 8.26. The molecule has 1 atom stereocenters. The van der Waals surface area contributed by atoms with E-state index in [4.69, 9.17) is 4.74 Å². The van der Waals surface area contributed by atoms with Gasteiger partial charge < -0.3 is 4.74 Å². The lowest BCUT2D eigenvalue weighted by Gasteiger charge is -2.15. The summed E-state index contributed by atoms with van der Waals surface area (Å²) in [5.74, 6) is -0.415. The van der Waals surface area contributed by atoms with Gasteiger partial charge in [0.25, 0.3) is 0 Å². The molecule has 0 radical (unpaired) electrons. The highest BCUT2D eigenvalue weighted by molar-refractivity contribution is 7.10. The van der Waals surface area contributed by atoms with Crippen molar-refractivity contribution < 1.29 is 14.3 Å². The molecule has 0 saturated heterocycles. The number of amides is 2. The van der Waals surface area contributed by atoms with Crippen molar-refractivity contribution in [3.8, 4) is 5.75 Å². The van der Waals surface area contributed by atoms with Crippen molar-refractivity contribution in [3.05, 3.63) is 88.6 Å². The first kappa shape index (κ1) is 16.9. The summed E-state index contributed by atoms with van der Waals surface area (Å²) in [6, 6.07) is 22.2. The van der Waals surface area contributed by atoms with Gasteiger partial charge in [0.05, 0.1) is 5.92 Å².